The second-order valence-electron chi connectivity index (χ2n) is 6.25. The molecular weight excluding hydrogens is 366 g/mol. The highest BCUT2D eigenvalue weighted by molar-refractivity contribution is 7.07. The first-order valence-electron chi connectivity index (χ1n) is 8.82. The second-order valence-corrected chi connectivity index (χ2v) is 7.03. The number of morpholine rings is 1. The van der Waals surface area contributed by atoms with E-state index >= 15 is 0 Å². The standard InChI is InChI=1S/C19H23N3O4S/c1-3-25-19(24)21-16-6-4-15(5-7-16)20-18(23)22-10-13(2)26-17(11-22)14-8-9-27-12-14/h4-9,12-13,17H,3,10-11H2,1-2H3,(H,20,23)(H,21,24). The number of rotatable bonds is 4. The molecule has 8 heteroatoms. The van der Waals surface area contributed by atoms with Gasteiger partial charge in [-0.1, -0.05) is 0 Å². The van der Waals surface area contributed by atoms with Crippen LogP contribution in [0.3, 0.4) is 0 Å². The minimum absolute atomic E-state index is 0.0365. The minimum Gasteiger partial charge on any atom is -0.450 e. The molecule has 1 aliphatic heterocycles. The van der Waals surface area contributed by atoms with Gasteiger partial charge in [-0.25, -0.2) is 9.59 Å². The highest BCUT2D eigenvalue weighted by Crippen LogP contribution is 2.27. The predicted octanol–water partition coefficient (Wildman–Crippen LogP) is 4.31. The lowest BCUT2D eigenvalue weighted by molar-refractivity contribution is -0.0640. The molecule has 2 heterocycles. The lowest BCUT2D eigenvalue weighted by atomic mass is 10.1. The number of nitrogens with zero attached hydrogens (tertiary/aromatic N) is 1. The zero-order valence-electron chi connectivity index (χ0n) is 15.3. The van der Waals surface area contributed by atoms with Crippen LogP contribution >= 0.6 is 11.3 Å². The molecule has 1 aliphatic rings. The van der Waals surface area contributed by atoms with Gasteiger partial charge in [-0.2, -0.15) is 11.3 Å². The van der Waals surface area contributed by atoms with Crippen molar-refractivity contribution < 1.29 is 19.1 Å². The van der Waals surface area contributed by atoms with E-state index in [9.17, 15) is 9.59 Å². The van der Waals surface area contributed by atoms with Crippen molar-refractivity contribution in [3.63, 3.8) is 0 Å². The Hall–Kier alpha value is -2.58. The average Bonchev–Trinajstić information content (AvgIpc) is 3.18. The summed E-state index contributed by atoms with van der Waals surface area (Å²) in [7, 11) is 0. The minimum atomic E-state index is -0.504. The molecule has 1 fully saturated rings. The number of anilines is 2. The van der Waals surface area contributed by atoms with Crippen LogP contribution in [0.5, 0.6) is 0 Å². The highest BCUT2D eigenvalue weighted by Gasteiger charge is 2.29. The van der Waals surface area contributed by atoms with Gasteiger partial charge in [0.25, 0.3) is 0 Å². The van der Waals surface area contributed by atoms with E-state index in [-0.39, 0.29) is 18.2 Å². The first kappa shape index (κ1) is 19.2. The molecule has 0 aliphatic carbocycles. The summed E-state index contributed by atoms with van der Waals surface area (Å²) in [5, 5.41) is 9.57. The van der Waals surface area contributed by atoms with Crippen molar-refractivity contribution in [3.8, 4) is 0 Å². The molecule has 1 saturated heterocycles. The molecule has 2 N–H and O–H groups in total. The van der Waals surface area contributed by atoms with Gasteiger partial charge in [-0.15, -0.1) is 0 Å². The molecule has 2 unspecified atom stereocenters. The Kier molecular flexibility index (Phi) is 6.31. The van der Waals surface area contributed by atoms with E-state index in [4.69, 9.17) is 9.47 Å². The molecule has 1 aromatic carbocycles. The second kappa shape index (κ2) is 8.88. The molecule has 3 amide bonds. The summed E-state index contributed by atoms with van der Waals surface area (Å²) in [5.74, 6) is 0. The van der Waals surface area contributed by atoms with E-state index in [0.717, 1.165) is 5.56 Å². The Balaban J connectivity index is 1.58. The Morgan fingerprint density at radius 1 is 1.19 bits per heavy atom. The van der Waals surface area contributed by atoms with Crippen molar-refractivity contribution in [1.29, 1.82) is 0 Å². The van der Waals surface area contributed by atoms with Gasteiger partial charge in [0, 0.05) is 17.9 Å². The molecule has 3 rings (SSSR count). The largest absolute Gasteiger partial charge is 0.450 e. The highest BCUT2D eigenvalue weighted by atomic mass is 32.1. The fraction of sp³-hybridized carbons (Fsp3) is 0.368. The molecule has 0 radical (unpaired) electrons. The van der Waals surface area contributed by atoms with E-state index in [1.807, 2.05) is 23.8 Å². The van der Waals surface area contributed by atoms with Gasteiger partial charge in [0.15, 0.2) is 0 Å². The Morgan fingerprint density at radius 2 is 1.89 bits per heavy atom. The van der Waals surface area contributed by atoms with Crippen LogP contribution in [0, 0.1) is 0 Å². The van der Waals surface area contributed by atoms with Crippen LogP contribution in [0.25, 0.3) is 0 Å². The number of thiophene rings is 1. The Morgan fingerprint density at radius 3 is 2.52 bits per heavy atom. The van der Waals surface area contributed by atoms with Crippen molar-refractivity contribution in [2.75, 3.05) is 30.3 Å². The summed E-state index contributed by atoms with van der Waals surface area (Å²) in [6, 6.07) is 8.75. The lowest BCUT2D eigenvalue weighted by Crippen LogP contribution is -2.47. The number of carbonyl (C=O) groups excluding carboxylic acids is 2. The van der Waals surface area contributed by atoms with E-state index in [0.29, 0.717) is 31.1 Å². The number of benzene rings is 1. The van der Waals surface area contributed by atoms with Crippen LogP contribution in [0.1, 0.15) is 25.5 Å². The van der Waals surface area contributed by atoms with Crippen LogP contribution in [0.4, 0.5) is 21.0 Å². The summed E-state index contributed by atoms with van der Waals surface area (Å²) >= 11 is 1.62. The molecule has 0 bridgehead atoms. The van der Waals surface area contributed by atoms with Crippen molar-refractivity contribution in [3.05, 3.63) is 46.7 Å². The molecule has 1 aromatic heterocycles. The first-order valence-corrected chi connectivity index (χ1v) is 9.76. The molecule has 144 valence electrons. The topological polar surface area (TPSA) is 79.9 Å². The fourth-order valence-corrected chi connectivity index (χ4v) is 3.59. The van der Waals surface area contributed by atoms with Gasteiger partial charge < -0.3 is 19.7 Å². The average molecular weight is 389 g/mol. The summed E-state index contributed by atoms with van der Waals surface area (Å²) in [4.78, 5) is 25.8. The van der Waals surface area contributed by atoms with Crippen LogP contribution in [-0.4, -0.2) is 42.8 Å². The normalized spacial score (nSPS) is 19.4. The van der Waals surface area contributed by atoms with Gasteiger partial charge in [0.2, 0.25) is 0 Å². The van der Waals surface area contributed by atoms with Gasteiger partial charge in [-0.3, -0.25) is 5.32 Å². The van der Waals surface area contributed by atoms with Gasteiger partial charge in [0.05, 0.1) is 19.3 Å². The zero-order valence-corrected chi connectivity index (χ0v) is 16.1. The summed E-state index contributed by atoms with van der Waals surface area (Å²) < 4.78 is 10.8. The first-order chi connectivity index (χ1) is 13.0. The van der Waals surface area contributed by atoms with Crippen molar-refractivity contribution >= 4 is 34.8 Å². The van der Waals surface area contributed by atoms with Crippen molar-refractivity contribution in [2.24, 2.45) is 0 Å². The third-order valence-corrected chi connectivity index (χ3v) is 4.82. The van der Waals surface area contributed by atoms with Crippen LogP contribution in [0.15, 0.2) is 41.1 Å². The number of hydrogen-bond acceptors (Lipinski definition) is 5. The molecule has 2 aromatic rings. The van der Waals surface area contributed by atoms with Crippen molar-refractivity contribution in [2.45, 2.75) is 26.1 Å². The van der Waals surface area contributed by atoms with E-state index in [1.165, 1.54) is 0 Å². The third kappa shape index (κ3) is 5.21. The predicted molar refractivity (Wildman–Crippen MR) is 105 cm³/mol. The maximum atomic E-state index is 12.6. The number of carbonyl (C=O) groups is 2. The van der Waals surface area contributed by atoms with Crippen molar-refractivity contribution in [1.82, 2.24) is 4.90 Å². The summed E-state index contributed by atoms with van der Waals surface area (Å²) in [6.07, 6.45) is -0.650. The number of nitrogens with one attached hydrogen (secondary N) is 2. The van der Waals surface area contributed by atoms with E-state index < -0.39 is 6.09 Å². The maximum absolute atomic E-state index is 12.6. The third-order valence-electron chi connectivity index (χ3n) is 4.12. The van der Waals surface area contributed by atoms with Crippen LogP contribution < -0.4 is 10.6 Å². The van der Waals surface area contributed by atoms with Crippen LogP contribution in [-0.2, 0) is 9.47 Å². The fourth-order valence-electron chi connectivity index (χ4n) is 2.88. The summed E-state index contributed by atoms with van der Waals surface area (Å²) in [5.41, 5.74) is 2.35. The number of amides is 3. The molecule has 7 nitrogen and oxygen atoms in total. The van der Waals surface area contributed by atoms with E-state index in [1.54, 1.807) is 47.4 Å². The van der Waals surface area contributed by atoms with Gasteiger partial charge in [0.1, 0.15) is 6.10 Å². The number of urea groups is 1. The Labute approximate surface area is 162 Å². The smallest absolute Gasteiger partial charge is 0.411 e. The molecule has 0 saturated carbocycles. The number of ether oxygens (including phenoxy) is 2. The quantitative estimate of drug-likeness (QED) is 0.817. The monoisotopic (exact) mass is 389 g/mol. The van der Waals surface area contributed by atoms with Crippen LogP contribution in [0.2, 0.25) is 0 Å². The summed E-state index contributed by atoms with van der Waals surface area (Å²) in [6.45, 7) is 5.07. The van der Waals surface area contributed by atoms with E-state index in [2.05, 4.69) is 10.6 Å². The molecule has 2 atom stereocenters. The maximum Gasteiger partial charge on any atom is 0.411 e. The van der Waals surface area contributed by atoms with Gasteiger partial charge in [-0.05, 0) is 60.5 Å². The van der Waals surface area contributed by atoms with Gasteiger partial charge >= 0.3 is 12.1 Å². The zero-order chi connectivity index (χ0) is 19.2. The Bertz CT molecular complexity index is 764. The molecular formula is C19H23N3O4S. The molecule has 0 spiro atoms. The number of hydrogen-bond donors (Lipinski definition) is 2. The molecule has 27 heavy (non-hydrogen) atoms. The SMILES string of the molecule is CCOC(=O)Nc1ccc(NC(=O)N2CC(C)OC(c3ccsc3)C2)cc1. The lowest BCUT2D eigenvalue weighted by Gasteiger charge is -2.36.